The first-order chi connectivity index (χ1) is 9.56. The van der Waals surface area contributed by atoms with E-state index in [1.165, 1.54) is 11.1 Å². The van der Waals surface area contributed by atoms with Crippen molar-refractivity contribution in [2.45, 2.75) is 31.1 Å². The molecule has 3 nitrogen and oxygen atoms in total. The number of rotatable bonds is 3. The van der Waals surface area contributed by atoms with Gasteiger partial charge in [-0.05, 0) is 61.1 Å². The zero-order valence-electron chi connectivity index (χ0n) is 11.4. The minimum absolute atomic E-state index is 0.334. The molecule has 104 valence electrons. The van der Waals surface area contributed by atoms with Crippen LogP contribution in [0.1, 0.15) is 23.1 Å². The molecule has 0 heterocycles. The number of fused-ring (bicyclic) bond motifs is 1. The van der Waals surface area contributed by atoms with Crippen LogP contribution in [0.2, 0.25) is 0 Å². The number of sulfonamides is 1. The van der Waals surface area contributed by atoms with Gasteiger partial charge in [0.2, 0.25) is 0 Å². The predicted molar refractivity (Wildman–Crippen MR) is 80.5 cm³/mol. The van der Waals surface area contributed by atoms with E-state index < -0.39 is 10.0 Å². The summed E-state index contributed by atoms with van der Waals surface area (Å²) in [6.45, 7) is 1.80. The van der Waals surface area contributed by atoms with Gasteiger partial charge in [-0.2, -0.15) is 0 Å². The Balaban J connectivity index is 1.93. The van der Waals surface area contributed by atoms with Crippen LogP contribution in [-0.2, 0) is 22.9 Å². The lowest BCUT2D eigenvalue weighted by Gasteiger charge is -2.11. The summed E-state index contributed by atoms with van der Waals surface area (Å²) in [6, 6.07) is 12.8. The molecule has 1 aliphatic rings. The highest BCUT2D eigenvalue weighted by molar-refractivity contribution is 7.92. The van der Waals surface area contributed by atoms with E-state index in [1.807, 2.05) is 24.3 Å². The Bertz CT molecular complexity index is 751. The second kappa shape index (κ2) is 4.94. The number of hydrogen-bond donors (Lipinski definition) is 1. The van der Waals surface area contributed by atoms with Gasteiger partial charge in [0.25, 0.3) is 10.0 Å². The molecule has 3 rings (SSSR count). The molecule has 1 aliphatic carbocycles. The molecule has 0 unspecified atom stereocenters. The Morgan fingerprint density at radius 2 is 1.75 bits per heavy atom. The largest absolute Gasteiger partial charge is 0.280 e. The zero-order valence-corrected chi connectivity index (χ0v) is 12.2. The van der Waals surface area contributed by atoms with Crippen LogP contribution < -0.4 is 4.72 Å². The van der Waals surface area contributed by atoms with Crippen LogP contribution in [0.15, 0.2) is 47.4 Å². The van der Waals surface area contributed by atoms with E-state index in [9.17, 15) is 8.42 Å². The molecular weight excluding hydrogens is 270 g/mol. The third-order valence-corrected chi connectivity index (χ3v) is 5.28. The van der Waals surface area contributed by atoms with Gasteiger partial charge in [-0.1, -0.05) is 24.3 Å². The van der Waals surface area contributed by atoms with Crippen molar-refractivity contribution >= 4 is 15.7 Å². The summed E-state index contributed by atoms with van der Waals surface area (Å²) in [5.74, 6) is 0. The number of aryl methyl sites for hydroxylation is 3. The van der Waals surface area contributed by atoms with Crippen LogP contribution in [0.25, 0.3) is 0 Å². The van der Waals surface area contributed by atoms with E-state index in [-0.39, 0.29) is 0 Å². The van der Waals surface area contributed by atoms with Crippen molar-refractivity contribution in [1.82, 2.24) is 0 Å². The topological polar surface area (TPSA) is 46.2 Å². The Kier molecular flexibility index (Phi) is 3.26. The molecule has 1 N–H and O–H groups in total. The average Bonchev–Trinajstić information content (AvgIpc) is 2.86. The molecule has 0 atom stereocenters. The summed E-state index contributed by atoms with van der Waals surface area (Å²) in [5.41, 5.74) is 3.99. The maximum absolute atomic E-state index is 12.4. The minimum Gasteiger partial charge on any atom is -0.280 e. The second-order valence-corrected chi connectivity index (χ2v) is 6.86. The van der Waals surface area contributed by atoms with Crippen molar-refractivity contribution in [1.29, 1.82) is 0 Å². The summed E-state index contributed by atoms with van der Waals surface area (Å²) in [5, 5.41) is 0. The predicted octanol–water partition coefficient (Wildman–Crippen LogP) is 3.28. The lowest BCUT2D eigenvalue weighted by molar-refractivity contribution is 0.600. The van der Waals surface area contributed by atoms with Crippen molar-refractivity contribution in [2.24, 2.45) is 0 Å². The SMILES string of the molecule is Cc1ccccc1S(=O)(=O)Nc1ccc2c(c1)CCC2. The van der Waals surface area contributed by atoms with Crippen molar-refractivity contribution < 1.29 is 8.42 Å². The van der Waals surface area contributed by atoms with Crippen LogP contribution in [0.4, 0.5) is 5.69 Å². The normalized spacial score (nSPS) is 14.1. The Morgan fingerprint density at radius 1 is 1.00 bits per heavy atom. The molecule has 20 heavy (non-hydrogen) atoms. The highest BCUT2D eigenvalue weighted by Gasteiger charge is 2.17. The van der Waals surface area contributed by atoms with Gasteiger partial charge in [0.1, 0.15) is 0 Å². The molecule has 0 fully saturated rings. The summed E-state index contributed by atoms with van der Waals surface area (Å²) in [7, 11) is -3.51. The van der Waals surface area contributed by atoms with Crippen LogP contribution in [0, 0.1) is 6.92 Å². The van der Waals surface area contributed by atoms with E-state index in [0.717, 1.165) is 24.8 Å². The van der Waals surface area contributed by atoms with E-state index in [4.69, 9.17) is 0 Å². The van der Waals surface area contributed by atoms with E-state index in [1.54, 1.807) is 25.1 Å². The molecule has 0 aliphatic heterocycles. The zero-order chi connectivity index (χ0) is 14.2. The minimum atomic E-state index is -3.51. The Labute approximate surface area is 119 Å². The molecule has 0 saturated carbocycles. The molecular formula is C16H17NO2S. The molecule has 0 amide bonds. The molecule has 0 radical (unpaired) electrons. The summed E-state index contributed by atoms with van der Waals surface area (Å²) in [6.07, 6.45) is 3.29. The summed E-state index contributed by atoms with van der Waals surface area (Å²) >= 11 is 0. The fraction of sp³-hybridized carbons (Fsp3) is 0.250. The molecule has 0 saturated heterocycles. The van der Waals surface area contributed by atoms with Crippen LogP contribution in [0.3, 0.4) is 0 Å². The average molecular weight is 287 g/mol. The number of anilines is 1. The summed E-state index contributed by atoms with van der Waals surface area (Å²) in [4.78, 5) is 0.334. The highest BCUT2D eigenvalue weighted by Crippen LogP contribution is 2.26. The van der Waals surface area contributed by atoms with E-state index in [2.05, 4.69) is 4.72 Å². The molecule has 0 spiro atoms. The lowest BCUT2D eigenvalue weighted by atomic mass is 10.1. The fourth-order valence-corrected chi connectivity index (χ4v) is 4.00. The van der Waals surface area contributed by atoms with Crippen molar-refractivity contribution in [3.05, 3.63) is 59.2 Å². The lowest BCUT2D eigenvalue weighted by Crippen LogP contribution is -2.14. The monoisotopic (exact) mass is 287 g/mol. The fourth-order valence-electron chi connectivity index (χ4n) is 2.70. The van der Waals surface area contributed by atoms with Gasteiger partial charge < -0.3 is 0 Å². The number of benzene rings is 2. The number of nitrogens with one attached hydrogen (secondary N) is 1. The third-order valence-electron chi connectivity index (χ3n) is 3.73. The molecule has 2 aromatic carbocycles. The highest BCUT2D eigenvalue weighted by atomic mass is 32.2. The molecule has 0 aromatic heterocycles. The van der Waals surface area contributed by atoms with Crippen LogP contribution >= 0.6 is 0 Å². The van der Waals surface area contributed by atoms with Crippen molar-refractivity contribution in [2.75, 3.05) is 4.72 Å². The van der Waals surface area contributed by atoms with Gasteiger partial charge in [0.15, 0.2) is 0 Å². The summed E-state index contributed by atoms with van der Waals surface area (Å²) < 4.78 is 27.5. The molecule has 0 bridgehead atoms. The van der Waals surface area contributed by atoms with Gasteiger partial charge in [0, 0.05) is 5.69 Å². The first-order valence-electron chi connectivity index (χ1n) is 6.76. The van der Waals surface area contributed by atoms with Gasteiger partial charge in [0.05, 0.1) is 4.90 Å². The maximum atomic E-state index is 12.4. The van der Waals surface area contributed by atoms with E-state index in [0.29, 0.717) is 10.6 Å². The maximum Gasteiger partial charge on any atom is 0.262 e. The molecule has 4 heteroatoms. The second-order valence-electron chi connectivity index (χ2n) is 5.21. The van der Waals surface area contributed by atoms with Crippen LogP contribution in [-0.4, -0.2) is 8.42 Å². The van der Waals surface area contributed by atoms with Gasteiger partial charge in [-0.25, -0.2) is 8.42 Å². The molecule has 2 aromatic rings. The van der Waals surface area contributed by atoms with Crippen LogP contribution in [0.5, 0.6) is 0 Å². The van der Waals surface area contributed by atoms with Gasteiger partial charge in [-0.15, -0.1) is 0 Å². The van der Waals surface area contributed by atoms with E-state index >= 15 is 0 Å². The first-order valence-corrected chi connectivity index (χ1v) is 8.25. The Hall–Kier alpha value is -1.81. The standard InChI is InChI=1S/C16H17NO2S/c1-12-5-2-3-8-16(12)20(18,19)17-15-10-9-13-6-4-7-14(13)11-15/h2-3,5,8-11,17H,4,6-7H2,1H3. The number of hydrogen-bond acceptors (Lipinski definition) is 2. The van der Waals surface area contributed by atoms with Gasteiger partial charge >= 0.3 is 0 Å². The smallest absolute Gasteiger partial charge is 0.262 e. The Morgan fingerprint density at radius 3 is 2.55 bits per heavy atom. The van der Waals surface area contributed by atoms with Crippen molar-refractivity contribution in [3.63, 3.8) is 0 Å². The quantitative estimate of drug-likeness (QED) is 0.941. The van der Waals surface area contributed by atoms with Crippen molar-refractivity contribution in [3.8, 4) is 0 Å². The first kappa shape index (κ1) is 13.2. The van der Waals surface area contributed by atoms with Gasteiger partial charge in [-0.3, -0.25) is 4.72 Å². The third kappa shape index (κ3) is 2.43.